The molecule has 0 saturated carbocycles. The summed E-state index contributed by atoms with van der Waals surface area (Å²) in [6.45, 7) is 7.24. The largest absolute Gasteiger partial charge is 0.396 e. The van der Waals surface area contributed by atoms with Gasteiger partial charge in [-0.15, -0.1) is 0 Å². The number of hydrogen-bond acceptors (Lipinski definition) is 4. The molecule has 1 atom stereocenters. The van der Waals surface area contributed by atoms with Crippen LogP contribution in [0.25, 0.3) is 0 Å². The average Bonchev–Trinajstić information content (AvgIpc) is 2.83. The normalized spacial score (nSPS) is 15.1. The zero-order valence-electron chi connectivity index (χ0n) is 20.2. The van der Waals surface area contributed by atoms with Gasteiger partial charge in [-0.2, -0.15) is 0 Å². The second-order valence-corrected chi connectivity index (χ2v) is 9.46. The molecule has 182 valence electrons. The van der Waals surface area contributed by atoms with Crippen LogP contribution in [0.3, 0.4) is 0 Å². The summed E-state index contributed by atoms with van der Waals surface area (Å²) in [4.78, 5) is 40.7. The first-order chi connectivity index (χ1) is 16.3. The summed E-state index contributed by atoms with van der Waals surface area (Å²) in [7, 11) is 0. The molecule has 3 rings (SSSR count). The molecule has 34 heavy (non-hydrogen) atoms. The third-order valence-corrected chi connectivity index (χ3v) is 6.26. The Bertz CT molecular complexity index is 1010. The minimum atomic E-state index is -0.705. The van der Waals surface area contributed by atoms with Crippen LogP contribution in [0.5, 0.6) is 0 Å². The lowest BCUT2D eigenvalue weighted by molar-refractivity contribution is -0.118. The molecule has 2 aromatic carbocycles. The molecule has 3 amide bonds. The van der Waals surface area contributed by atoms with Gasteiger partial charge >= 0.3 is 0 Å². The number of aliphatic hydroxyl groups excluding tert-OH is 1. The zero-order valence-corrected chi connectivity index (χ0v) is 20.2. The zero-order chi connectivity index (χ0) is 24.7. The van der Waals surface area contributed by atoms with Gasteiger partial charge in [0, 0.05) is 36.5 Å². The molecule has 0 radical (unpaired) electrons. The van der Waals surface area contributed by atoms with Crippen molar-refractivity contribution in [1.82, 2.24) is 10.2 Å². The first kappa shape index (κ1) is 25.4. The highest BCUT2D eigenvalue weighted by atomic mass is 16.3. The minimum absolute atomic E-state index is 0.0842. The van der Waals surface area contributed by atoms with Crippen LogP contribution >= 0.6 is 0 Å². The fourth-order valence-electron chi connectivity index (χ4n) is 4.23. The van der Waals surface area contributed by atoms with E-state index in [4.69, 9.17) is 0 Å². The first-order valence-corrected chi connectivity index (χ1v) is 12.0. The molecule has 1 heterocycles. The second kappa shape index (κ2) is 11.8. The van der Waals surface area contributed by atoms with Gasteiger partial charge in [0.15, 0.2) is 0 Å². The van der Waals surface area contributed by atoms with Gasteiger partial charge in [-0.25, -0.2) is 0 Å². The molecular weight excluding hydrogens is 430 g/mol. The monoisotopic (exact) mass is 465 g/mol. The number of carbonyl (C=O) groups is 3. The number of aliphatic hydroxyl groups is 1. The smallest absolute Gasteiger partial charge is 0.253 e. The highest BCUT2D eigenvalue weighted by molar-refractivity contribution is 6.02. The highest BCUT2D eigenvalue weighted by Crippen LogP contribution is 2.20. The number of anilines is 1. The van der Waals surface area contributed by atoms with Crippen LogP contribution < -0.4 is 10.6 Å². The van der Waals surface area contributed by atoms with Crippen LogP contribution in [0, 0.1) is 18.8 Å². The number of aryl methyl sites for hydroxylation is 1. The number of benzene rings is 2. The van der Waals surface area contributed by atoms with Crippen LogP contribution in [0.15, 0.2) is 48.5 Å². The van der Waals surface area contributed by atoms with Gasteiger partial charge in [-0.1, -0.05) is 38.1 Å². The molecule has 1 aliphatic rings. The lowest BCUT2D eigenvalue weighted by Crippen LogP contribution is -2.44. The van der Waals surface area contributed by atoms with Gasteiger partial charge in [0.1, 0.15) is 6.04 Å². The van der Waals surface area contributed by atoms with E-state index in [9.17, 15) is 19.5 Å². The summed E-state index contributed by atoms with van der Waals surface area (Å²) in [5.41, 5.74) is 2.41. The Balaban J connectivity index is 1.68. The fraction of sp³-hybridized carbons (Fsp3) is 0.444. The van der Waals surface area contributed by atoms with E-state index in [1.807, 2.05) is 32.9 Å². The van der Waals surface area contributed by atoms with E-state index in [0.717, 1.165) is 18.4 Å². The van der Waals surface area contributed by atoms with Gasteiger partial charge in [0.25, 0.3) is 11.8 Å². The highest BCUT2D eigenvalue weighted by Gasteiger charge is 2.25. The van der Waals surface area contributed by atoms with E-state index in [2.05, 4.69) is 10.6 Å². The number of nitrogens with zero attached hydrogens (tertiary/aromatic N) is 1. The van der Waals surface area contributed by atoms with Gasteiger partial charge in [0.05, 0.1) is 0 Å². The lowest BCUT2D eigenvalue weighted by atomic mass is 9.97. The van der Waals surface area contributed by atoms with Crippen molar-refractivity contribution in [2.75, 3.05) is 25.0 Å². The van der Waals surface area contributed by atoms with Crippen LogP contribution in [-0.4, -0.2) is 53.5 Å². The lowest BCUT2D eigenvalue weighted by Gasteiger charge is -2.31. The Hall–Kier alpha value is -3.19. The molecule has 1 unspecified atom stereocenters. The first-order valence-electron chi connectivity index (χ1n) is 12.0. The Kier molecular flexibility index (Phi) is 8.82. The summed E-state index contributed by atoms with van der Waals surface area (Å²) < 4.78 is 0. The van der Waals surface area contributed by atoms with Crippen molar-refractivity contribution in [3.05, 3.63) is 65.2 Å². The molecule has 7 nitrogen and oxygen atoms in total. The summed E-state index contributed by atoms with van der Waals surface area (Å²) >= 11 is 0. The van der Waals surface area contributed by atoms with E-state index in [1.165, 1.54) is 0 Å². The molecule has 0 spiro atoms. The number of piperidine rings is 1. The second-order valence-electron chi connectivity index (χ2n) is 9.46. The Morgan fingerprint density at radius 1 is 1.06 bits per heavy atom. The quantitative estimate of drug-likeness (QED) is 0.555. The van der Waals surface area contributed by atoms with Crippen molar-refractivity contribution in [3.63, 3.8) is 0 Å². The molecule has 0 bridgehead atoms. The van der Waals surface area contributed by atoms with Gasteiger partial charge < -0.3 is 20.6 Å². The molecule has 3 N–H and O–H groups in total. The standard InChI is InChI=1S/C27H35N3O4/c1-18(2)15-24(29-25(32)23-10-5-4-7-19(23)3)26(33)28-22-9-6-8-21(16-22)27(34)30-13-11-20(17-31)12-14-30/h4-10,16,18,20,24,31H,11-15,17H2,1-3H3,(H,28,33)(H,29,32). The SMILES string of the molecule is Cc1ccccc1C(=O)NC(CC(C)C)C(=O)Nc1cccc(C(=O)N2CCC(CO)CC2)c1. The Labute approximate surface area is 201 Å². The maximum absolute atomic E-state index is 13.1. The van der Waals surface area contributed by atoms with Crippen molar-refractivity contribution >= 4 is 23.4 Å². The van der Waals surface area contributed by atoms with E-state index in [-0.39, 0.29) is 36.2 Å². The summed E-state index contributed by atoms with van der Waals surface area (Å²) in [5.74, 6) is -0.234. The van der Waals surface area contributed by atoms with Gasteiger partial charge in [-0.05, 0) is 67.9 Å². The van der Waals surface area contributed by atoms with Crippen LogP contribution in [-0.2, 0) is 4.79 Å². The Morgan fingerprint density at radius 2 is 1.76 bits per heavy atom. The van der Waals surface area contributed by atoms with E-state index < -0.39 is 6.04 Å². The predicted molar refractivity (Wildman–Crippen MR) is 133 cm³/mol. The van der Waals surface area contributed by atoms with E-state index in [0.29, 0.717) is 36.3 Å². The molecule has 1 fully saturated rings. The third kappa shape index (κ3) is 6.67. The summed E-state index contributed by atoms with van der Waals surface area (Å²) in [5, 5.41) is 15.1. The fourth-order valence-corrected chi connectivity index (χ4v) is 4.23. The number of rotatable bonds is 8. The molecular formula is C27H35N3O4. The van der Waals surface area contributed by atoms with Gasteiger partial charge in [0.2, 0.25) is 5.91 Å². The molecule has 1 aliphatic heterocycles. The maximum Gasteiger partial charge on any atom is 0.253 e. The summed E-state index contributed by atoms with van der Waals surface area (Å²) in [6, 6.07) is 13.5. The number of nitrogens with one attached hydrogen (secondary N) is 2. The molecule has 0 aliphatic carbocycles. The number of amides is 3. The third-order valence-electron chi connectivity index (χ3n) is 6.26. The predicted octanol–water partition coefficient (Wildman–Crippen LogP) is 3.62. The number of likely N-dealkylation sites (tertiary alicyclic amines) is 1. The van der Waals surface area contributed by atoms with Crippen molar-refractivity contribution < 1.29 is 19.5 Å². The summed E-state index contributed by atoms with van der Waals surface area (Å²) in [6.07, 6.45) is 2.06. The maximum atomic E-state index is 13.1. The number of carbonyl (C=O) groups excluding carboxylic acids is 3. The van der Waals surface area contributed by atoms with Crippen molar-refractivity contribution in [1.29, 1.82) is 0 Å². The van der Waals surface area contributed by atoms with Crippen LogP contribution in [0.1, 0.15) is 59.4 Å². The van der Waals surface area contributed by atoms with Gasteiger partial charge in [-0.3, -0.25) is 14.4 Å². The molecule has 1 saturated heterocycles. The minimum Gasteiger partial charge on any atom is -0.396 e. The topological polar surface area (TPSA) is 98.7 Å². The van der Waals surface area contributed by atoms with Crippen molar-refractivity contribution in [3.8, 4) is 0 Å². The van der Waals surface area contributed by atoms with Crippen LogP contribution in [0.2, 0.25) is 0 Å². The molecule has 0 aromatic heterocycles. The van der Waals surface area contributed by atoms with E-state index >= 15 is 0 Å². The molecule has 7 heteroatoms. The van der Waals surface area contributed by atoms with E-state index in [1.54, 1.807) is 41.3 Å². The number of hydrogen-bond donors (Lipinski definition) is 3. The average molecular weight is 466 g/mol. The Morgan fingerprint density at radius 3 is 2.41 bits per heavy atom. The van der Waals surface area contributed by atoms with Crippen molar-refractivity contribution in [2.24, 2.45) is 11.8 Å². The van der Waals surface area contributed by atoms with Crippen molar-refractivity contribution in [2.45, 2.75) is 46.1 Å². The van der Waals surface area contributed by atoms with Crippen LogP contribution in [0.4, 0.5) is 5.69 Å². The molecule has 2 aromatic rings.